The predicted molar refractivity (Wildman–Crippen MR) is 124 cm³/mol. The lowest BCUT2D eigenvalue weighted by molar-refractivity contribution is 0.0303. The molecule has 2 N–H and O–H groups in total. The summed E-state index contributed by atoms with van der Waals surface area (Å²) >= 11 is 0. The minimum atomic E-state index is 0.0197. The third-order valence-electron chi connectivity index (χ3n) is 5.20. The molecule has 0 spiro atoms. The molecule has 160 valence electrons. The number of ether oxygens (including phenoxy) is 1. The molecule has 0 atom stereocenters. The number of fused-ring (bicyclic) bond motifs is 1. The molecule has 1 amide bonds. The number of nitrogens with one attached hydrogen (secondary N) is 2. The zero-order chi connectivity index (χ0) is 21.8. The number of morpholine rings is 1. The summed E-state index contributed by atoms with van der Waals surface area (Å²) in [7, 11) is 0. The molecule has 1 saturated heterocycles. The summed E-state index contributed by atoms with van der Waals surface area (Å²) in [4.78, 5) is 27.7. The van der Waals surface area contributed by atoms with Gasteiger partial charge in [-0.25, -0.2) is 4.98 Å². The monoisotopic (exact) mass is 426 g/mol. The van der Waals surface area contributed by atoms with Crippen LogP contribution in [0.3, 0.4) is 0 Å². The van der Waals surface area contributed by atoms with Gasteiger partial charge in [-0.1, -0.05) is 18.2 Å². The Kier molecular flexibility index (Phi) is 5.59. The number of rotatable bonds is 5. The number of para-hydroxylation sites is 1. The highest BCUT2D eigenvalue weighted by molar-refractivity contribution is 5.94. The van der Waals surface area contributed by atoms with Gasteiger partial charge in [0, 0.05) is 35.9 Å². The van der Waals surface area contributed by atoms with Crippen LogP contribution in [0.2, 0.25) is 0 Å². The standard InChI is InChI=1S/C24H22N6O2/c31-23(30-11-13-32-14-12-30)17-5-7-19(8-6-17)28-24-25-10-9-22(29-24)27-20-15-18-3-1-2-4-21(18)26-16-20/h1-10,15-16H,11-14H2,(H2,25,27,28,29). The van der Waals surface area contributed by atoms with E-state index in [1.54, 1.807) is 18.5 Å². The molecule has 5 rings (SSSR count). The van der Waals surface area contributed by atoms with Gasteiger partial charge in [0.15, 0.2) is 0 Å². The molecule has 8 nitrogen and oxygen atoms in total. The maximum atomic E-state index is 12.6. The number of carbonyl (C=O) groups excluding carboxylic acids is 1. The van der Waals surface area contributed by atoms with Crippen molar-refractivity contribution in [2.24, 2.45) is 0 Å². The van der Waals surface area contributed by atoms with Gasteiger partial charge in [-0.15, -0.1) is 0 Å². The van der Waals surface area contributed by atoms with Gasteiger partial charge in [-0.2, -0.15) is 4.98 Å². The lowest BCUT2D eigenvalue weighted by atomic mass is 10.1. The molecular weight excluding hydrogens is 404 g/mol. The fourth-order valence-electron chi connectivity index (χ4n) is 3.55. The van der Waals surface area contributed by atoms with Crippen molar-refractivity contribution in [1.82, 2.24) is 19.9 Å². The summed E-state index contributed by atoms with van der Waals surface area (Å²) < 4.78 is 5.31. The molecule has 1 aliphatic rings. The first-order chi connectivity index (χ1) is 15.7. The second kappa shape index (κ2) is 8.99. The Labute approximate surface area is 185 Å². The number of benzene rings is 2. The highest BCUT2D eigenvalue weighted by Gasteiger charge is 2.18. The van der Waals surface area contributed by atoms with E-state index in [-0.39, 0.29) is 5.91 Å². The number of anilines is 4. The zero-order valence-electron chi connectivity index (χ0n) is 17.4. The number of hydrogen-bond acceptors (Lipinski definition) is 7. The lowest BCUT2D eigenvalue weighted by Crippen LogP contribution is -2.40. The Morgan fingerprint density at radius 2 is 1.72 bits per heavy atom. The first-order valence-corrected chi connectivity index (χ1v) is 10.4. The Morgan fingerprint density at radius 3 is 2.56 bits per heavy atom. The van der Waals surface area contributed by atoms with E-state index in [1.807, 2.05) is 59.5 Å². The molecule has 4 aromatic rings. The highest BCUT2D eigenvalue weighted by atomic mass is 16.5. The molecule has 0 aliphatic carbocycles. The maximum Gasteiger partial charge on any atom is 0.254 e. The fourth-order valence-corrected chi connectivity index (χ4v) is 3.55. The van der Waals surface area contributed by atoms with E-state index in [2.05, 4.69) is 25.6 Å². The molecule has 0 saturated carbocycles. The molecule has 3 heterocycles. The van der Waals surface area contributed by atoms with Crippen molar-refractivity contribution in [2.45, 2.75) is 0 Å². The summed E-state index contributed by atoms with van der Waals surface area (Å²) in [6.07, 6.45) is 3.46. The Hall–Kier alpha value is -4.04. The van der Waals surface area contributed by atoms with Crippen molar-refractivity contribution >= 4 is 40.0 Å². The van der Waals surface area contributed by atoms with Crippen LogP contribution >= 0.6 is 0 Å². The maximum absolute atomic E-state index is 12.6. The van der Waals surface area contributed by atoms with Crippen LogP contribution in [-0.2, 0) is 4.74 Å². The molecule has 0 unspecified atom stereocenters. The van der Waals surface area contributed by atoms with Gasteiger partial charge in [0.05, 0.1) is 30.6 Å². The Bertz CT molecular complexity index is 1240. The van der Waals surface area contributed by atoms with Crippen molar-refractivity contribution in [3.63, 3.8) is 0 Å². The van der Waals surface area contributed by atoms with Crippen LogP contribution < -0.4 is 10.6 Å². The third-order valence-corrected chi connectivity index (χ3v) is 5.20. The lowest BCUT2D eigenvalue weighted by Gasteiger charge is -2.26. The molecule has 2 aromatic heterocycles. The van der Waals surface area contributed by atoms with Crippen LogP contribution in [-0.4, -0.2) is 52.1 Å². The Balaban J connectivity index is 1.26. The smallest absolute Gasteiger partial charge is 0.254 e. The average molecular weight is 426 g/mol. The summed E-state index contributed by atoms with van der Waals surface area (Å²) in [5.41, 5.74) is 3.24. The number of nitrogens with zero attached hydrogens (tertiary/aromatic N) is 4. The van der Waals surface area contributed by atoms with Crippen LogP contribution in [0.15, 0.2) is 73.1 Å². The Morgan fingerprint density at radius 1 is 0.906 bits per heavy atom. The SMILES string of the molecule is O=C(c1ccc(Nc2nccc(Nc3cnc4ccccc4c3)n2)cc1)N1CCOCC1. The molecule has 0 radical (unpaired) electrons. The summed E-state index contributed by atoms with van der Waals surface area (Å²) in [6, 6.07) is 19.1. The van der Waals surface area contributed by atoms with E-state index in [9.17, 15) is 4.79 Å². The average Bonchev–Trinajstić information content (AvgIpc) is 2.85. The quantitative estimate of drug-likeness (QED) is 0.499. The van der Waals surface area contributed by atoms with Crippen LogP contribution in [0.5, 0.6) is 0 Å². The van der Waals surface area contributed by atoms with Gasteiger partial charge in [0.1, 0.15) is 5.82 Å². The molecule has 1 fully saturated rings. The predicted octanol–water partition coefficient (Wildman–Crippen LogP) is 3.98. The van der Waals surface area contributed by atoms with Crippen molar-refractivity contribution in [3.8, 4) is 0 Å². The van der Waals surface area contributed by atoms with E-state index in [0.717, 1.165) is 22.3 Å². The second-order valence-corrected chi connectivity index (χ2v) is 7.41. The summed E-state index contributed by atoms with van der Waals surface area (Å²) in [5.74, 6) is 1.13. The molecule has 8 heteroatoms. The van der Waals surface area contributed by atoms with Crippen molar-refractivity contribution in [3.05, 3.63) is 78.6 Å². The van der Waals surface area contributed by atoms with Crippen LogP contribution in [0.1, 0.15) is 10.4 Å². The van der Waals surface area contributed by atoms with E-state index in [1.165, 1.54) is 0 Å². The van der Waals surface area contributed by atoms with E-state index in [0.29, 0.717) is 43.6 Å². The van der Waals surface area contributed by atoms with E-state index >= 15 is 0 Å². The molecular formula is C24H22N6O2. The first kappa shape index (κ1) is 19.9. The van der Waals surface area contributed by atoms with E-state index < -0.39 is 0 Å². The summed E-state index contributed by atoms with van der Waals surface area (Å²) in [6.45, 7) is 2.42. The minimum absolute atomic E-state index is 0.0197. The number of carbonyl (C=O) groups is 1. The van der Waals surface area contributed by atoms with Crippen LogP contribution in [0.4, 0.5) is 23.1 Å². The largest absolute Gasteiger partial charge is 0.378 e. The molecule has 0 bridgehead atoms. The van der Waals surface area contributed by atoms with Gasteiger partial charge in [-0.3, -0.25) is 9.78 Å². The molecule has 2 aromatic carbocycles. The van der Waals surface area contributed by atoms with Gasteiger partial charge in [0.25, 0.3) is 5.91 Å². The van der Waals surface area contributed by atoms with E-state index in [4.69, 9.17) is 4.74 Å². The molecule has 32 heavy (non-hydrogen) atoms. The van der Waals surface area contributed by atoms with Crippen molar-refractivity contribution in [2.75, 3.05) is 36.9 Å². The van der Waals surface area contributed by atoms with Gasteiger partial charge < -0.3 is 20.3 Å². The summed E-state index contributed by atoms with van der Waals surface area (Å²) in [5, 5.41) is 7.50. The third kappa shape index (κ3) is 4.50. The van der Waals surface area contributed by atoms with Gasteiger partial charge in [-0.05, 0) is 42.5 Å². The van der Waals surface area contributed by atoms with Crippen molar-refractivity contribution in [1.29, 1.82) is 0 Å². The van der Waals surface area contributed by atoms with Gasteiger partial charge >= 0.3 is 0 Å². The second-order valence-electron chi connectivity index (χ2n) is 7.41. The normalized spacial score (nSPS) is 13.7. The topological polar surface area (TPSA) is 92.3 Å². The van der Waals surface area contributed by atoms with Crippen LogP contribution in [0, 0.1) is 0 Å². The van der Waals surface area contributed by atoms with Crippen molar-refractivity contribution < 1.29 is 9.53 Å². The van der Waals surface area contributed by atoms with Crippen LogP contribution in [0.25, 0.3) is 10.9 Å². The highest BCUT2D eigenvalue weighted by Crippen LogP contribution is 2.21. The number of hydrogen-bond donors (Lipinski definition) is 2. The van der Waals surface area contributed by atoms with Gasteiger partial charge in [0.2, 0.25) is 5.95 Å². The number of pyridine rings is 1. The fraction of sp³-hybridized carbons (Fsp3) is 0.167. The number of aromatic nitrogens is 3. The first-order valence-electron chi connectivity index (χ1n) is 10.4. The number of amides is 1. The minimum Gasteiger partial charge on any atom is -0.378 e. The zero-order valence-corrected chi connectivity index (χ0v) is 17.4. The molecule has 1 aliphatic heterocycles.